The normalized spacial score (nSPS) is 24.0. The Kier molecular flexibility index (Phi) is 5.02. The summed E-state index contributed by atoms with van der Waals surface area (Å²) in [6.07, 6.45) is 6.79. The summed E-state index contributed by atoms with van der Waals surface area (Å²) in [6.45, 7) is 2.73. The molecule has 3 aliphatic rings. The molecule has 148 valence electrons. The molecule has 1 aromatic carbocycles. The summed E-state index contributed by atoms with van der Waals surface area (Å²) < 4.78 is 25.5. The first kappa shape index (κ1) is 19.2. The van der Waals surface area contributed by atoms with Gasteiger partial charge in [-0.15, -0.1) is 0 Å². The topological polar surface area (TPSA) is 66.5 Å². The van der Waals surface area contributed by atoms with Crippen LogP contribution in [0, 0.1) is 0 Å². The minimum absolute atomic E-state index is 0.0412. The fourth-order valence-corrected chi connectivity index (χ4v) is 7.54. The van der Waals surface area contributed by atoms with Crippen LogP contribution in [-0.2, 0) is 14.6 Å². The highest BCUT2D eigenvalue weighted by Crippen LogP contribution is 2.42. The summed E-state index contributed by atoms with van der Waals surface area (Å²) in [4.78, 5) is 15.9. The number of hydrogen-bond acceptors (Lipinski definition) is 4. The first-order valence-corrected chi connectivity index (χ1v) is 11.8. The van der Waals surface area contributed by atoms with Gasteiger partial charge >= 0.3 is 0 Å². The molecule has 2 aliphatic heterocycles. The molecule has 0 aromatic heterocycles. The van der Waals surface area contributed by atoms with Crippen LogP contribution >= 0.6 is 11.6 Å². The molecule has 1 N–H and O–H groups in total. The maximum absolute atomic E-state index is 13.4. The Morgan fingerprint density at radius 2 is 1.59 bits per heavy atom. The molecule has 7 heteroatoms. The van der Waals surface area contributed by atoms with E-state index in [0.717, 1.165) is 51.6 Å². The summed E-state index contributed by atoms with van der Waals surface area (Å²) in [5.41, 5.74) is 0.0412. The fourth-order valence-electron chi connectivity index (χ4n) is 5.32. The minimum atomic E-state index is -3.77. The third-order valence-electron chi connectivity index (χ3n) is 6.85. The Hall–Kier alpha value is -1.11. The van der Waals surface area contributed by atoms with Crippen LogP contribution in [0.1, 0.15) is 51.4 Å². The number of fused-ring (bicyclic) bond motifs is 1. The van der Waals surface area contributed by atoms with Crippen LogP contribution in [0.5, 0.6) is 0 Å². The highest BCUT2D eigenvalue weighted by atomic mass is 35.5. The average molecular weight is 411 g/mol. The van der Waals surface area contributed by atoms with E-state index in [1.54, 1.807) is 12.1 Å². The van der Waals surface area contributed by atoms with Gasteiger partial charge in [-0.05, 0) is 75.9 Å². The van der Waals surface area contributed by atoms with Gasteiger partial charge in [0.25, 0.3) is 0 Å². The van der Waals surface area contributed by atoms with Gasteiger partial charge in [0.15, 0.2) is 14.6 Å². The second-order valence-corrected chi connectivity index (χ2v) is 11.0. The Labute approximate surface area is 166 Å². The van der Waals surface area contributed by atoms with Crippen molar-refractivity contribution in [2.75, 3.05) is 19.6 Å². The number of nitrogens with one attached hydrogen (secondary N) is 1. The SMILES string of the molecule is O=C(NCC12CCCN1CCC2)C1(S(=O)(=O)c2ccc(Cl)cc2)CCCC1. The third-order valence-corrected chi connectivity index (χ3v) is 9.62. The monoisotopic (exact) mass is 410 g/mol. The molecule has 1 aromatic rings. The number of halogens is 1. The third kappa shape index (κ3) is 3.10. The van der Waals surface area contributed by atoms with Crippen molar-refractivity contribution in [3.8, 4) is 0 Å². The van der Waals surface area contributed by atoms with Crippen molar-refractivity contribution in [1.82, 2.24) is 10.2 Å². The van der Waals surface area contributed by atoms with Crippen molar-refractivity contribution >= 4 is 27.3 Å². The summed E-state index contributed by atoms with van der Waals surface area (Å²) in [5, 5.41) is 3.56. The molecule has 0 atom stereocenters. The van der Waals surface area contributed by atoms with Gasteiger partial charge in [0.1, 0.15) is 0 Å². The molecule has 0 radical (unpaired) electrons. The van der Waals surface area contributed by atoms with Gasteiger partial charge in [-0.2, -0.15) is 0 Å². The highest BCUT2D eigenvalue weighted by Gasteiger charge is 2.54. The molecule has 0 spiro atoms. The standard InChI is InChI=1S/C20H27ClN2O3S/c21-16-5-7-17(8-6-16)27(25,26)20(11-1-2-12-20)18(24)22-15-19-9-3-13-23(19)14-4-10-19/h5-8H,1-4,9-15H2,(H,22,24). The van der Waals surface area contributed by atoms with Gasteiger partial charge in [0, 0.05) is 17.1 Å². The van der Waals surface area contributed by atoms with Crippen molar-refractivity contribution in [2.45, 2.75) is 66.5 Å². The van der Waals surface area contributed by atoms with Crippen molar-refractivity contribution in [2.24, 2.45) is 0 Å². The van der Waals surface area contributed by atoms with Crippen molar-refractivity contribution in [3.63, 3.8) is 0 Å². The predicted molar refractivity (Wildman–Crippen MR) is 106 cm³/mol. The van der Waals surface area contributed by atoms with Crippen LogP contribution in [0.25, 0.3) is 0 Å². The zero-order chi connectivity index (χ0) is 19.1. The Bertz CT molecular complexity index is 806. The highest BCUT2D eigenvalue weighted by molar-refractivity contribution is 7.93. The molecule has 5 nitrogen and oxygen atoms in total. The maximum Gasteiger partial charge on any atom is 0.241 e. The molecule has 4 rings (SSSR count). The first-order chi connectivity index (χ1) is 12.9. The minimum Gasteiger partial charge on any atom is -0.353 e. The molecule has 1 aliphatic carbocycles. The number of carbonyl (C=O) groups excluding carboxylic acids is 1. The van der Waals surface area contributed by atoms with Gasteiger partial charge in [-0.3, -0.25) is 9.69 Å². The van der Waals surface area contributed by atoms with Crippen molar-refractivity contribution in [1.29, 1.82) is 0 Å². The molecule has 0 unspecified atom stereocenters. The zero-order valence-corrected chi connectivity index (χ0v) is 17.1. The van der Waals surface area contributed by atoms with Crippen LogP contribution in [0.15, 0.2) is 29.2 Å². The van der Waals surface area contributed by atoms with Gasteiger partial charge in [0.05, 0.1) is 4.90 Å². The van der Waals surface area contributed by atoms with E-state index in [4.69, 9.17) is 11.6 Å². The first-order valence-electron chi connectivity index (χ1n) is 9.93. The smallest absolute Gasteiger partial charge is 0.241 e. The Balaban J connectivity index is 1.58. The molecular formula is C20H27ClN2O3S. The zero-order valence-electron chi connectivity index (χ0n) is 15.5. The molecular weight excluding hydrogens is 384 g/mol. The lowest BCUT2D eigenvalue weighted by molar-refractivity contribution is -0.124. The van der Waals surface area contributed by atoms with Crippen LogP contribution in [0.4, 0.5) is 0 Å². The fraction of sp³-hybridized carbons (Fsp3) is 0.650. The van der Waals surface area contributed by atoms with Gasteiger partial charge in [-0.25, -0.2) is 8.42 Å². The summed E-state index contributed by atoms with van der Waals surface area (Å²) in [6, 6.07) is 6.17. The molecule has 2 saturated heterocycles. The predicted octanol–water partition coefficient (Wildman–Crippen LogP) is 3.17. The van der Waals surface area contributed by atoms with Crippen LogP contribution < -0.4 is 5.32 Å². The van der Waals surface area contributed by atoms with Crippen molar-refractivity contribution < 1.29 is 13.2 Å². The quantitative estimate of drug-likeness (QED) is 0.809. The Morgan fingerprint density at radius 3 is 2.19 bits per heavy atom. The Morgan fingerprint density at radius 1 is 1.00 bits per heavy atom. The second-order valence-electron chi connectivity index (χ2n) is 8.26. The number of rotatable bonds is 5. The number of carbonyl (C=O) groups is 1. The lowest BCUT2D eigenvalue weighted by atomic mass is 9.93. The lowest BCUT2D eigenvalue weighted by Crippen LogP contribution is -2.55. The number of benzene rings is 1. The number of sulfone groups is 1. The van der Waals surface area contributed by atoms with E-state index in [2.05, 4.69) is 10.2 Å². The molecule has 1 saturated carbocycles. The van der Waals surface area contributed by atoms with E-state index in [-0.39, 0.29) is 16.3 Å². The van der Waals surface area contributed by atoms with E-state index in [1.807, 2.05) is 0 Å². The molecule has 0 bridgehead atoms. The lowest BCUT2D eigenvalue weighted by Gasteiger charge is -2.34. The number of nitrogens with zero attached hydrogens (tertiary/aromatic N) is 1. The largest absolute Gasteiger partial charge is 0.353 e. The van der Waals surface area contributed by atoms with Crippen LogP contribution in [-0.4, -0.2) is 49.1 Å². The van der Waals surface area contributed by atoms with E-state index in [1.165, 1.54) is 12.1 Å². The van der Waals surface area contributed by atoms with Gasteiger partial charge in [0.2, 0.25) is 5.91 Å². The second kappa shape index (κ2) is 7.05. The summed E-state index contributed by atoms with van der Waals surface area (Å²) in [5.74, 6) is -0.317. The number of amides is 1. The van der Waals surface area contributed by atoms with Crippen LogP contribution in [0.3, 0.4) is 0 Å². The number of hydrogen-bond donors (Lipinski definition) is 1. The summed E-state index contributed by atoms with van der Waals surface area (Å²) >= 11 is 5.91. The molecule has 2 heterocycles. The van der Waals surface area contributed by atoms with E-state index in [9.17, 15) is 13.2 Å². The molecule has 1 amide bonds. The van der Waals surface area contributed by atoms with Gasteiger partial charge in [-0.1, -0.05) is 24.4 Å². The van der Waals surface area contributed by atoms with Crippen LogP contribution in [0.2, 0.25) is 5.02 Å². The maximum atomic E-state index is 13.4. The average Bonchev–Trinajstić information content (AvgIpc) is 3.36. The van der Waals surface area contributed by atoms with Crippen molar-refractivity contribution in [3.05, 3.63) is 29.3 Å². The van der Waals surface area contributed by atoms with E-state index >= 15 is 0 Å². The van der Waals surface area contributed by atoms with Gasteiger partial charge < -0.3 is 5.32 Å². The molecule has 27 heavy (non-hydrogen) atoms. The van der Waals surface area contributed by atoms with E-state index < -0.39 is 14.6 Å². The van der Waals surface area contributed by atoms with E-state index in [0.29, 0.717) is 24.4 Å². The molecule has 3 fully saturated rings. The summed E-state index contributed by atoms with van der Waals surface area (Å²) in [7, 11) is -3.77.